The third-order valence-corrected chi connectivity index (χ3v) is 4.55. The van der Waals surface area contributed by atoms with Gasteiger partial charge in [-0.15, -0.1) is 10.2 Å². The normalized spacial score (nSPS) is 11.8. The summed E-state index contributed by atoms with van der Waals surface area (Å²) in [6.45, 7) is 3.97. The number of amides is 2. The summed E-state index contributed by atoms with van der Waals surface area (Å²) in [5.41, 5.74) is 0.595. The third-order valence-electron chi connectivity index (χ3n) is 3.33. The number of aromatic nitrogens is 2. The second-order valence-corrected chi connectivity index (χ2v) is 6.84. The van der Waals surface area contributed by atoms with Crippen LogP contribution in [0.5, 0.6) is 0 Å². The second kappa shape index (κ2) is 8.75. The van der Waals surface area contributed by atoms with Crippen molar-refractivity contribution in [2.75, 3.05) is 5.32 Å². The zero-order chi connectivity index (χ0) is 17.5. The van der Waals surface area contributed by atoms with E-state index >= 15 is 0 Å². The lowest BCUT2D eigenvalue weighted by molar-refractivity contribution is -0.121. The number of nitrogens with one attached hydrogen (secondary N) is 2. The van der Waals surface area contributed by atoms with Crippen molar-refractivity contribution in [1.82, 2.24) is 15.5 Å². The SMILES string of the molecule is CC[C@H](C)NC(=O)CCc1nnc(C(=O)Nc2cccc(Cl)c2)s1. The largest absolute Gasteiger partial charge is 0.354 e. The minimum absolute atomic E-state index is 0.0236. The van der Waals surface area contributed by atoms with Gasteiger partial charge in [-0.05, 0) is 31.5 Å². The maximum absolute atomic E-state index is 12.1. The van der Waals surface area contributed by atoms with Crippen LogP contribution >= 0.6 is 22.9 Å². The number of carbonyl (C=O) groups excluding carboxylic acids is 2. The van der Waals surface area contributed by atoms with E-state index in [0.29, 0.717) is 28.6 Å². The van der Waals surface area contributed by atoms with E-state index in [-0.39, 0.29) is 22.9 Å². The van der Waals surface area contributed by atoms with Crippen LogP contribution in [0.15, 0.2) is 24.3 Å². The highest BCUT2D eigenvalue weighted by Gasteiger charge is 2.14. The summed E-state index contributed by atoms with van der Waals surface area (Å²) in [7, 11) is 0. The average molecular weight is 367 g/mol. The molecule has 2 aromatic rings. The Kier molecular flexibility index (Phi) is 6.69. The first-order chi connectivity index (χ1) is 11.5. The van der Waals surface area contributed by atoms with E-state index in [9.17, 15) is 9.59 Å². The quantitative estimate of drug-likeness (QED) is 0.787. The van der Waals surface area contributed by atoms with Crippen LogP contribution in [0.25, 0.3) is 0 Å². The number of anilines is 1. The maximum Gasteiger partial charge on any atom is 0.286 e. The first-order valence-electron chi connectivity index (χ1n) is 7.66. The van der Waals surface area contributed by atoms with E-state index < -0.39 is 0 Å². The first-order valence-corrected chi connectivity index (χ1v) is 8.86. The van der Waals surface area contributed by atoms with Crippen LogP contribution in [0, 0.1) is 0 Å². The molecule has 2 rings (SSSR count). The van der Waals surface area contributed by atoms with Gasteiger partial charge in [0.05, 0.1) is 0 Å². The molecular weight excluding hydrogens is 348 g/mol. The molecular formula is C16H19ClN4O2S. The highest BCUT2D eigenvalue weighted by molar-refractivity contribution is 7.13. The number of aryl methyl sites for hydroxylation is 1. The monoisotopic (exact) mass is 366 g/mol. The Hall–Kier alpha value is -1.99. The number of halogens is 1. The number of benzene rings is 1. The Bertz CT molecular complexity index is 720. The molecule has 0 radical (unpaired) electrons. The molecule has 2 N–H and O–H groups in total. The van der Waals surface area contributed by atoms with Crippen molar-refractivity contribution in [2.24, 2.45) is 0 Å². The maximum atomic E-state index is 12.1. The molecule has 0 aliphatic rings. The Morgan fingerprint density at radius 2 is 2.12 bits per heavy atom. The van der Waals surface area contributed by atoms with E-state index in [2.05, 4.69) is 20.8 Å². The van der Waals surface area contributed by atoms with Gasteiger partial charge in [0.2, 0.25) is 10.9 Å². The standard InChI is InChI=1S/C16H19ClN4O2S/c1-3-10(2)18-13(22)7-8-14-20-21-16(24-14)15(23)19-12-6-4-5-11(17)9-12/h4-6,9-10H,3,7-8H2,1-2H3,(H,18,22)(H,19,23)/t10-/m0/s1. The number of nitrogens with zero attached hydrogens (tertiary/aromatic N) is 2. The molecule has 1 heterocycles. The second-order valence-electron chi connectivity index (χ2n) is 5.34. The van der Waals surface area contributed by atoms with Crippen molar-refractivity contribution in [1.29, 1.82) is 0 Å². The molecule has 1 aromatic carbocycles. The van der Waals surface area contributed by atoms with Crippen LogP contribution in [0.4, 0.5) is 5.69 Å². The molecule has 0 saturated carbocycles. The number of carbonyl (C=O) groups is 2. The molecule has 0 spiro atoms. The molecule has 0 aliphatic carbocycles. The van der Waals surface area contributed by atoms with Crippen molar-refractivity contribution >= 4 is 40.4 Å². The summed E-state index contributed by atoms with van der Waals surface area (Å²) in [5.74, 6) is -0.366. The number of rotatable bonds is 7. The van der Waals surface area contributed by atoms with Crippen LogP contribution in [-0.4, -0.2) is 28.1 Å². The van der Waals surface area contributed by atoms with Gasteiger partial charge in [-0.1, -0.05) is 35.9 Å². The van der Waals surface area contributed by atoms with E-state index in [1.54, 1.807) is 24.3 Å². The highest BCUT2D eigenvalue weighted by Crippen LogP contribution is 2.17. The lowest BCUT2D eigenvalue weighted by atomic mass is 10.2. The molecule has 0 fully saturated rings. The molecule has 8 heteroatoms. The Balaban J connectivity index is 1.88. The Labute approximate surface area is 149 Å². The summed E-state index contributed by atoms with van der Waals surface area (Å²) < 4.78 is 0. The van der Waals surface area contributed by atoms with Crippen LogP contribution < -0.4 is 10.6 Å². The smallest absolute Gasteiger partial charge is 0.286 e. The summed E-state index contributed by atoms with van der Waals surface area (Å²) >= 11 is 7.06. The van der Waals surface area contributed by atoms with Gasteiger partial charge in [-0.25, -0.2) is 0 Å². The van der Waals surface area contributed by atoms with Gasteiger partial charge in [0, 0.05) is 29.6 Å². The summed E-state index contributed by atoms with van der Waals surface area (Å²) in [5, 5.41) is 14.9. The average Bonchev–Trinajstić information content (AvgIpc) is 3.02. The van der Waals surface area contributed by atoms with E-state index in [4.69, 9.17) is 11.6 Å². The fourth-order valence-corrected chi connectivity index (χ4v) is 2.79. The van der Waals surface area contributed by atoms with Gasteiger partial charge in [0.15, 0.2) is 0 Å². The van der Waals surface area contributed by atoms with Gasteiger partial charge in [-0.3, -0.25) is 9.59 Å². The minimum atomic E-state index is -0.343. The summed E-state index contributed by atoms with van der Waals surface area (Å²) in [6, 6.07) is 7.03. The predicted molar refractivity (Wildman–Crippen MR) is 95.5 cm³/mol. The van der Waals surface area contributed by atoms with Gasteiger partial charge < -0.3 is 10.6 Å². The summed E-state index contributed by atoms with van der Waals surface area (Å²) in [6.07, 6.45) is 1.68. The molecule has 1 atom stereocenters. The van der Waals surface area contributed by atoms with Crippen molar-refractivity contribution < 1.29 is 9.59 Å². The van der Waals surface area contributed by atoms with E-state index in [0.717, 1.165) is 6.42 Å². The molecule has 0 aliphatic heterocycles. The van der Waals surface area contributed by atoms with Crippen molar-refractivity contribution in [3.05, 3.63) is 39.3 Å². The molecule has 6 nitrogen and oxygen atoms in total. The molecule has 24 heavy (non-hydrogen) atoms. The van der Waals surface area contributed by atoms with Crippen molar-refractivity contribution in [3.63, 3.8) is 0 Å². The van der Waals surface area contributed by atoms with Gasteiger partial charge >= 0.3 is 0 Å². The zero-order valence-electron chi connectivity index (χ0n) is 13.5. The van der Waals surface area contributed by atoms with E-state index in [1.807, 2.05) is 13.8 Å². The lowest BCUT2D eigenvalue weighted by Crippen LogP contribution is -2.31. The van der Waals surface area contributed by atoms with Crippen LogP contribution in [0.1, 0.15) is 41.5 Å². The van der Waals surface area contributed by atoms with Crippen LogP contribution in [-0.2, 0) is 11.2 Å². The molecule has 0 bridgehead atoms. The lowest BCUT2D eigenvalue weighted by Gasteiger charge is -2.10. The van der Waals surface area contributed by atoms with Crippen molar-refractivity contribution in [3.8, 4) is 0 Å². The Morgan fingerprint density at radius 1 is 1.33 bits per heavy atom. The summed E-state index contributed by atoms with van der Waals surface area (Å²) in [4.78, 5) is 23.9. The van der Waals surface area contributed by atoms with Gasteiger partial charge in [0.1, 0.15) is 5.01 Å². The molecule has 0 saturated heterocycles. The fraction of sp³-hybridized carbons (Fsp3) is 0.375. The predicted octanol–water partition coefficient (Wildman–Crippen LogP) is 3.29. The number of hydrogen-bond acceptors (Lipinski definition) is 5. The minimum Gasteiger partial charge on any atom is -0.354 e. The highest BCUT2D eigenvalue weighted by atomic mass is 35.5. The first kappa shape index (κ1) is 18.4. The zero-order valence-corrected chi connectivity index (χ0v) is 15.1. The Morgan fingerprint density at radius 3 is 2.83 bits per heavy atom. The molecule has 128 valence electrons. The molecule has 1 aromatic heterocycles. The fourth-order valence-electron chi connectivity index (χ4n) is 1.87. The van der Waals surface area contributed by atoms with Crippen LogP contribution in [0.3, 0.4) is 0 Å². The van der Waals surface area contributed by atoms with E-state index in [1.165, 1.54) is 11.3 Å². The van der Waals surface area contributed by atoms with Crippen LogP contribution in [0.2, 0.25) is 5.02 Å². The van der Waals surface area contributed by atoms with Crippen molar-refractivity contribution in [2.45, 2.75) is 39.2 Å². The van der Waals surface area contributed by atoms with Gasteiger partial charge in [-0.2, -0.15) is 0 Å². The topological polar surface area (TPSA) is 84.0 Å². The van der Waals surface area contributed by atoms with Gasteiger partial charge in [0.25, 0.3) is 5.91 Å². The number of hydrogen-bond donors (Lipinski definition) is 2. The molecule has 2 amide bonds. The molecule has 0 unspecified atom stereocenters. The third kappa shape index (κ3) is 5.58.